The van der Waals surface area contributed by atoms with Crippen molar-refractivity contribution in [2.45, 2.75) is 25.2 Å². The molecule has 0 aromatic heterocycles. The van der Waals surface area contributed by atoms with Crippen LogP contribution in [0.1, 0.15) is 25.3 Å². The zero-order valence-electron chi connectivity index (χ0n) is 10.8. The van der Waals surface area contributed by atoms with Crippen molar-refractivity contribution in [1.82, 2.24) is 4.90 Å². The van der Waals surface area contributed by atoms with Crippen LogP contribution in [0.15, 0.2) is 12.1 Å². The number of anilines is 1. The highest BCUT2D eigenvalue weighted by Crippen LogP contribution is 2.47. The molecule has 1 spiro atoms. The SMILES string of the molecule is CCN1CCC2(CC1)C(=O)Nc1c(I)cc(Cl)cc12. The Hall–Kier alpha value is -0.330. The summed E-state index contributed by atoms with van der Waals surface area (Å²) in [6.07, 6.45) is 1.77. The van der Waals surface area contributed by atoms with Crippen LogP contribution in [-0.2, 0) is 10.2 Å². The fourth-order valence-electron chi connectivity index (χ4n) is 3.18. The van der Waals surface area contributed by atoms with Crippen LogP contribution in [0.3, 0.4) is 0 Å². The van der Waals surface area contributed by atoms with Gasteiger partial charge >= 0.3 is 0 Å². The Morgan fingerprint density at radius 1 is 1.42 bits per heavy atom. The van der Waals surface area contributed by atoms with E-state index < -0.39 is 0 Å². The van der Waals surface area contributed by atoms with E-state index in [2.05, 4.69) is 39.7 Å². The first kappa shape index (κ1) is 13.6. The molecule has 3 nitrogen and oxygen atoms in total. The molecule has 0 atom stereocenters. The summed E-state index contributed by atoms with van der Waals surface area (Å²) in [5, 5.41) is 3.78. The van der Waals surface area contributed by atoms with Crippen LogP contribution in [0.25, 0.3) is 0 Å². The second-order valence-corrected chi connectivity index (χ2v) is 6.88. The van der Waals surface area contributed by atoms with Crippen molar-refractivity contribution in [3.8, 4) is 0 Å². The Morgan fingerprint density at radius 2 is 2.11 bits per heavy atom. The molecule has 102 valence electrons. The number of amides is 1. The molecule has 1 fully saturated rings. The van der Waals surface area contributed by atoms with Crippen molar-refractivity contribution in [3.63, 3.8) is 0 Å². The van der Waals surface area contributed by atoms with Crippen molar-refractivity contribution in [1.29, 1.82) is 0 Å². The number of benzene rings is 1. The predicted molar refractivity (Wildman–Crippen MR) is 85.8 cm³/mol. The first-order valence-electron chi connectivity index (χ1n) is 6.60. The van der Waals surface area contributed by atoms with E-state index in [0.717, 1.165) is 52.3 Å². The number of nitrogens with one attached hydrogen (secondary N) is 1. The number of likely N-dealkylation sites (tertiary alicyclic amines) is 1. The fourth-order valence-corrected chi connectivity index (χ4v) is 4.34. The third kappa shape index (κ3) is 2.08. The van der Waals surface area contributed by atoms with Gasteiger partial charge < -0.3 is 10.2 Å². The molecule has 0 unspecified atom stereocenters. The number of nitrogens with zero attached hydrogens (tertiary/aromatic N) is 1. The lowest BCUT2D eigenvalue weighted by Gasteiger charge is -2.37. The standard InChI is InChI=1S/C14H16ClIN2O/c1-2-18-5-3-14(4-6-18)10-7-9(15)8-11(16)12(10)17-13(14)19/h7-8H,2-6H2,1H3,(H,17,19). The van der Waals surface area contributed by atoms with Gasteiger partial charge in [-0.3, -0.25) is 4.79 Å². The molecule has 1 amide bonds. The minimum absolute atomic E-state index is 0.151. The first-order chi connectivity index (χ1) is 9.06. The number of carbonyl (C=O) groups is 1. The van der Waals surface area contributed by atoms with Gasteiger partial charge in [0.1, 0.15) is 0 Å². The van der Waals surface area contributed by atoms with E-state index in [-0.39, 0.29) is 11.3 Å². The smallest absolute Gasteiger partial charge is 0.235 e. The maximum Gasteiger partial charge on any atom is 0.235 e. The molecule has 5 heteroatoms. The summed E-state index contributed by atoms with van der Waals surface area (Å²) in [4.78, 5) is 14.9. The fraction of sp³-hybridized carbons (Fsp3) is 0.500. The van der Waals surface area contributed by atoms with E-state index in [9.17, 15) is 4.79 Å². The molecule has 1 aromatic carbocycles. The predicted octanol–water partition coefficient (Wildman–Crippen LogP) is 3.25. The van der Waals surface area contributed by atoms with E-state index in [4.69, 9.17) is 11.6 Å². The summed E-state index contributed by atoms with van der Waals surface area (Å²) >= 11 is 8.42. The number of rotatable bonds is 1. The van der Waals surface area contributed by atoms with Crippen LogP contribution in [0.5, 0.6) is 0 Å². The van der Waals surface area contributed by atoms with E-state index in [1.54, 1.807) is 0 Å². The molecule has 19 heavy (non-hydrogen) atoms. The Kier molecular flexibility index (Phi) is 3.52. The van der Waals surface area contributed by atoms with E-state index in [1.165, 1.54) is 0 Å². The summed E-state index contributed by atoms with van der Waals surface area (Å²) in [5.41, 5.74) is 1.72. The second kappa shape index (κ2) is 4.90. The summed E-state index contributed by atoms with van der Waals surface area (Å²) in [6.45, 7) is 5.18. The van der Waals surface area contributed by atoms with Crippen LogP contribution in [0.2, 0.25) is 5.02 Å². The van der Waals surface area contributed by atoms with Crippen LogP contribution >= 0.6 is 34.2 Å². The number of fused-ring (bicyclic) bond motifs is 2. The number of halogens is 2. The number of hydrogen-bond acceptors (Lipinski definition) is 2. The van der Waals surface area contributed by atoms with Gasteiger partial charge in [0.2, 0.25) is 5.91 Å². The average Bonchev–Trinajstić information content (AvgIpc) is 2.66. The summed E-state index contributed by atoms with van der Waals surface area (Å²) in [6, 6.07) is 3.87. The molecule has 2 aliphatic heterocycles. The van der Waals surface area contributed by atoms with Crippen LogP contribution in [0, 0.1) is 3.57 Å². The third-order valence-electron chi connectivity index (χ3n) is 4.40. The summed E-state index contributed by atoms with van der Waals surface area (Å²) < 4.78 is 1.03. The van der Waals surface area contributed by atoms with Crippen molar-refractivity contribution in [3.05, 3.63) is 26.3 Å². The van der Waals surface area contributed by atoms with Gasteiger partial charge in [-0.1, -0.05) is 18.5 Å². The van der Waals surface area contributed by atoms with Gasteiger partial charge in [0, 0.05) is 8.59 Å². The number of piperidine rings is 1. The highest BCUT2D eigenvalue weighted by molar-refractivity contribution is 14.1. The average molecular weight is 391 g/mol. The maximum atomic E-state index is 12.5. The summed E-state index contributed by atoms with van der Waals surface area (Å²) in [5.74, 6) is 0.151. The van der Waals surface area contributed by atoms with Crippen molar-refractivity contribution >= 4 is 45.8 Å². The lowest BCUT2D eigenvalue weighted by Crippen LogP contribution is -2.46. The van der Waals surface area contributed by atoms with Gasteiger partial charge in [0.25, 0.3) is 0 Å². The highest BCUT2D eigenvalue weighted by Gasteiger charge is 2.48. The van der Waals surface area contributed by atoms with Crippen molar-refractivity contribution in [2.75, 3.05) is 25.0 Å². The summed E-state index contributed by atoms with van der Waals surface area (Å²) in [7, 11) is 0. The second-order valence-electron chi connectivity index (χ2n) is 5.28. The highest BCUT2D eigenvalue weighted by atomic mass is 127. The Bertz CT molecular complexity index is 538. The maximum absolute atomic E-state index is 12.5. The van der Waals surface area contributed by atoms with Gasteiger partial charge in [-0.05, 0) is 72.8 Å². The third-order valence-corrected chi connectivity index (χ3v) is 5.47. The normalized spacial score (nSPS) is 21.5. The molecule has 2 aliphatic rings. The zero-order valence-corrected chi connectivity index (χ0v) is 13.7. The molecule has 0 radical (unpaired) electrons. The van der Waals surface area contributed by atoms with E-state index in [1.807, 2.05) is 12.1 Å². The Morgan fingerprint density at radius 3 is 2.74 bits per heavy atom. The van der Waals surface area contributed by atoms with Crippen molar-refractivity contribution < 1.29 is 4.79 Å². The quantitative estimate of drug-likeness (QED) is 0.747. The molecule has 0 saturated carbocycles. The molecular weight excluding hydrogens is 375 g/mol. The number of carbonyl (C=O) groups excluding carboxylic acids is 1. The van der Waals surface area contributed by atoms with E-state index >= 15 is 0 Å². The van der Waals surface area contributed by atoms with Crippen LogP contribution in [-0.4, -0.2) is 30.4 Å². The molecule has 0 bridgehead atoms. The van der Waals surface area contributed by atoms with Gasteiger partial charge in [0.05, 0.1) is 11.1 Å². The van der Waals surface area contributed by atoms with Crippen molar-refractivity contribution in [2.24, 2.45) is 0 Å². The molecular formula is C14H16ClIN2O. The van der Waals surface area contributed by atoms with E-state index in [0.29, 0.717) is 0 Å². The first-order valence-corrected chi connectivity index (χ1v) is 8.06. The molecule has 2 heterocycles. The molecule has 1 saturated heterocycles. The topological polar surface area (TPSA) is 32.3 Å². The van der Waals surface area contributed by atoms with Gasteiger partial charge in [-0.25, -0.2) is 0 Å². The molecule has 1 N–H and O–H groups in total. The number of hydrogen-bond donors (Lipinski definition) is 1. The van der Waals surface area contributed by atoms with Crippen LogP contribution in [0.4, 0.5) is 5.69 Å². The largest absolute Gasteiger partial charge is 0.324 e. The Balaban J connectivity index is 2.03. The lowest BCUT2D eigenvalue weighted by atomic mass is 9.73. The minimum Gasteiger partial charge on any atom is -0.324 e. The monoisotopic (exact) mass is 390 g/mol. The van der Waals surface area contributed by atoms with Gasteiger partial charge in [-0.15, -0.1) is 0 Å². The Labute approximate surface area is 131 Å². The molecule has 0 aliphatic carbocycles. The molecule has 1 aromatic rings. The lowest BCUT2D eigenvalue weighted by molar-refractivity contribution is -0.122. The zero-order chi connectivity index (χ0) is 13.6. The minimum atomic E-state index is -0.355. The van der Waals surface area contributed by atoms with Gasteiger partial charge in [0.15, 0.2) is 0 Å². The van der Waals surface area contributed by atoms with Crippen LogP contribution < -0.4 is 5.32 Å². The molecule has 3 rings (SSSR count). The van der Waals surface area contributed by atoms with Gasteiger partial charge in [-0.2, -0.15) is 0 Å².